The molecule has 1 aromatic rings. The predicted octanol–water partition coefficient (Wildman–Crippen LogP) is 0.602. The van der Waals surface area contributed by atoms with Gasteiger partial charge in [-0.2, -0.15) is 0 Å². The van der Waals surface area contributed by atoms with E-state index in [1.807, 2.05) is 0 Å². The first-order valence-electron chi connectivity index (χ1n) is 3.54. The molecule has 1 atom stereocenters. The van der Waals surface area contributed by atoms with Crippen LogP contribution >= 0.6 is 0 Å². The number of aromatic nitrogens is 1. The molecule has 2 N–H and O–H groups in total. The zero-order valence-electron chi connectivity index (χ0n) is 6.73. The van der Waals surface area contributed by atoms with E-state index in [-0.39, 0.29) is 0 Å². The van der Waals surface area contributed by atoms with Crippen LogP contribution in [0.2, 0.25) is 0 Å². The van der Waals surface area contributed by atoms with Gasteiger partial charge < -0.3 is 4.74 Å². The van der Waals surface area contributed by atoms with Gasteiger partial charge in [0.15, 0.2) is 6.23 Å². The summed E-state index contributed by atoms with van der Waals surface area (Å²) in [6.07, 6.45) is 0.835. The first-order valence-corrected chi connectivity index (χ1v) is 3.54. The van der Waals surface area contributed by atoms with E-state index in [9.17, 15) is 4.79 Å². The standard InChI is InChI=1S/C8H10N2O2/c1-6(11)12-8(9)7-4-2-3-5-10-7/h2-5,8H,9H2,1H3. The van der Waals surface area contributed by atoms with E-state index in [2.05, 4.69) is 4.98 Å². The molecule has 1 aromatic heterocycles. The zero-order chi connectivity index (χ0) is 8.97. The van der Waals surface area contributed by atoms with Gasteiger partial charge in [-0.15, -0.1) is 0 Å². The van der Waals surface area contributed by atoms with Crippen LogP contribution in [0.3, 0.4) is 0 Å². The molecule has 0 aliphatic rings. The number of nitrogens with zero attached hydrogens (tertiary/aromatic N) is 1. The van der Waals surface area contributed by atoms with E-state index < -0.39 is 12.2 Å². The maximum Gasteiger partial charge on any atom is 0.304 e. The Morgan fingerprint density at radius 2 is 2.42 bits per heavy atom. The molecule has 0 spiro atoms. The minimum absolute atomic E-state index is 0.409. The summed E-state index contributed by atoms with van der Waals surface area (Å²) in [5, 5.41) is 0. The Labute approximate surface area is 70.4 Å². The molecule has 0 radical (unpaired) electrons. The van der Waals surface area contributed by atoms with Gasteiger partial charge in [0.1, 0.15) is 0 Å². The highest BCUT2D eigenvalue weighted by Gasteiger charge is 2.08. The van der Waals surface area contributed by atoms with Crippen molar-refractivity contribution in [2.24, 2.45) is 5.73 Å². The van der Waals surface area contributed by atoms with Gasteiger partial charge in [-0.3, -0.25) is 15.5 Å². The number of esters is 1. The molecular weight excluding hydrogens is 156 g/mol. The molecule has 0 aromatic carbocycles. The van der Waals surface area contributed by atoms with Crippen LogP contribution in [-0.4, -0.2) is 11.0 Å². The number of hydrogen-bond acceptors (Lipinski definition) is 4. The van der Waals surface area contributed by atoms with Crippen LogP contribution in [0.25, 0.3) is 0 Å². The minimum atomic E-state index is -0.760. The fourth-order valence-corrected chi connectivity index (χ4v) is 0.783. The molecule has 0 bridgehead atoms. The normalized spacial score (nSPS) is 12.2. The monoisotopic (exact) mass is 166 g/mol. The molecule has 4 nitrogen and oxygen atoms in total. The highest BCUT2D eigenvalue weighted by molar-refractivity contribution is 5.66. The molecule has 0 saturated heterocycles. The summed E-state index contributed by atoms with van der Waals surface area (Å²) in [4.78, 5) is 14.4. The summed E-state index contributed by atoms with van der Waals surface area (Å²) in [7, 11) is 0. The van der Waals surface area contributed by atoms with E-state index in [1.54, 1.807) is 24.4 Å². The van der Waals surface area contributed by atoms with Crippen LogP contribution in [0.1, 0.15) is 18.8 Å². The van der Waals surface area contributed by atoms with Crippen LogP contribution in [0.15, 0.2) is 24.4 Å². The van der Waals surface area contributed by atoms with Crippen LogP contribution in [0.4, 0.5) is 0 Å². The van der Waals surface area contributed by atoms with Gasteiger partial charge in [-0.05, 0) is 12.1 Å². The fourth-order valence-electron chi connectivity index (χ4n) is 0.783. The molecule has 0 saturated carbocycles. The first kappa shape index (κ1) is 8.67. The largest absolute Gasteiger partial charge is 0.441 e. The Morgan fingerprint density at radius 1 is 1.67 bits per heavy atom. The second kappa shape index (κ2) is 3.82. The molecule has 0 aliphatic heterocycles. The van der Waals surface area contributed by atoms with E-state index in [1.165, 1.54) is 6.92 Å². The molecule has 0 fully saturated rings. The summed E-state index contributed by atoms with van der Waals surface area (Å²) in [5.74, 6) is -0.409. The maximum absolute atomic E-state index is 10.5. The summed E-state index contributed by atoms with van der Waals surface area (Å²) in [5.41, 5.74) is 6.04. The van der Waals surface area contributed by atoms with Crippen molar-refractivity contribution in [3.8, 4) is 0 Å². The second-order valence-corrected chi connectivity index (χ2v) is 2.28. The Balaban J connectivity index is 2.65. The molecule has 0 aliphatic carbocycles. The lowest BCUT2D eigenvalue weighted by Gasteiger charge is -2.09. The van der Waals surface area contributed by atoms with Crippen molar-refractivity contribution in [2.75, 3.05) is 0 Å². The third-order valence-corrected chi connectivity index (χ3v) is 1.27. The number of carbonyl (C=O) groups excluding carboxylic acids is 1. The van der Waals surface area contributed by atoms with Crippen molar-refractivity contribution in [3.63, 3.8) is 0 Å². The number of hydrogen-bond donors (Lipinski definition) is 1. The molecule has 1 unspecified atom stereocenters. The molecule has 4 heteroatoms. The van der Waals surface area contributed by atoms with Gasteiger partial charge in [0.25, 0.3) is 0 Å². The van der Waals surface area contributed by atoms with Crippen LogP contribution in [0.5, 0.6) is 0 Å². The summed E-state index contributed by atoms with van der Waals surface area (Å²) >= 11 is 0. The van der Waals surface area contributed by atoms with Crippen LogP contribution in [0, 0.1) is 0 Å². The number of rotatable bonds is 2. The molecule has 1 rings (SSSR count). The van der Waals surface area contributed by atoms with Gasteiger partial charge in [-0.1, -0.05) is 6.07 Å². The van der Waals surface area contributed by atoms with Gasteiger partial charge in [0.2, 0.25) is 0 Å². The summed E-state index contributed by atoms with van der Waals surface area (Å²) < 4.78 is 4.71. The average molecular weight is 166 g/mol. The van der Waals surface area contributed by atoms with Crippen molar-refractivity contribution < 1.29 is 9.53 Å². The Bertz CT molecular complexity index is 261. The zero-order valence-corrected chi connectivity index (χ0v) is 6.73. The van der Waals surface area contributed by atoms with Crippen molar-refractivity contribution in [3.05, 3.63) is 30.1 Å². The van der Waals surface area contributed by atoms with E-state index in [0.29, 0.717) is 5.69 Å². The number of pyridine rings is 1. The minimum Gasteiger partial charge on any atom is -0.441 e. The summed E-state index contributed by atoms with van der Waals surface area (Å²) in [6.45, 7) is 1.31. The number of ether oxygens (including phenoxy) is 1. The molecule has 0 amide bonds. The van der Waals surface area contributed by atoms with Gasteiger partial charge in [0, 0.05) is 13.1 Å². The highest BCUT2D eigenvalue weighted by atomic mass is 16.6. The van der Waals surface area contributed by atoms with Gasteiger partial charge in [-0.25, -0.2) is 0 Å². The third kappa shape index (κ3) is 2.32. The quantitative estimate of drug-likeness (QED) is 0.516. The molecule has 12 heavy (non-hydrogen) atoms. The lowest BCUT2D eigenvalue weighted by molar-refractivity contribution is -0.146. The molecule has 64 valence electrons. The lowest BCUT2D eigenvalue weighted by atomic mass is 10.3. The molecular formula is C8H10N2O2. The average Bonchev–Trinajstić information content (AvgIpc) is 2.05. The van der Waals surface area contributed by atoms with Crippen molar-refractivity contribution >= 4 is 5.97 Å². The van der Waals surface area contributed by atoms with Crippen molar-refractivity contribution in [1.29, 1.82) is 0 Å². The second-order valence-electron chi connectivity index (χ2n) is 2.28. The van der Waals surface area contributed by atoms with Crippen molar-refractivity contribution in [1.82, 2.24) is 4.98 Å². The van der Waals surface area contributed by atoms with Crippen molar-refractivity contribution in [2.45, 2.75) is 13.2 Å². The van der Waals surface area contributed by atoms with E-state index >= 15 is 0 Å². The highest BCUT2D eigenvalue weighted by Crippen LogP contribution is 2.06. The summed E-state index contributed by atoms with van der Waals surface area (Å²) in [6, 6.07) is 5.25. The van der Waals surface area contributed by atoms with E-state index in [4.69, 9.17) is 10.5 Å². The van der Waals surface area contributed by atoms with E-state index in [0.717, 1.165) is 0 Å². The third-order valence-electron chi connectivity index (χ3n) is 1.27. The maximum atomic E-state index is 10.5. The van der Waals surface area contributed by atoms with Gasteiger partial charge >= 0.3 is 5.97 Å². The number of nitrogens with two attached hydrogens (primary N) is 1. The smallest absolute Gasteiger partial charge is 0.304 e. The Kier molecular flexibility index (Phi) is 2.76. The first-order chi connectivity index (χ1) is 5.70. The Hall–Kier alpha value is -1.42. The molecule has 1 heterocycles. The number of carbonyl (C=O) groups is 1. The topological polar surface area (TPSA) is 65.2 Å². The predicted molar refractivity (Wildman–Crippen MR) is 42.9 cm³/mol. The fraction of sp³-hybridized carbons (Fsp3) is 0.250. The van der Waals surface area contributed by atoms with Crippen LogP contribution in [-0.2, 0) is 9.53 Å². The van der Waals surface area contributed by atoms with Crippen LogP contribution < -0.4 is 5.73 Å². The van der Waals surface area contributed by atoms with Gasteiger partial charge in [0.05, 0.1) is 5.69 Å². The lowest BCUT2D eigenvalue weighted by Crippen LogP contribution is -2.18. The Morgan fingerprint density at radius 3 is 2.92 bits per heavy atom. The SMILES string of the molecule is CC(=O)OC(N)c1ccccn1.